The maximum absolute atomic E-state index is 6.12. The minimum atomic E-state index is 0.141. The smallest absolute Gasteiger partial charge is 0.122 e. The van der Waals surface area contributed by atoms with E-state index in [4.69, 9.17) is 10.5 Å². The summed E-state index contributed by atoms with van der Waals surface area (Å²) in [6, 6.07) is 6.37. The fourth-order valence-electron chi connectivity index (χ4n) is 1.63. The van der Waals surface area contributed by atoms with E-state index in [0.717, 1.165) is 17.9 Å². The van der Waals surface area contributed by atoms with Gasteiger partial charge < -0.3 is 10.5 Å². The second kappa shape index (κ2) is 6.81. The lowest BCUT2D eigenvalue weighted by atomic mass is 10.0. The van der Waals surface area contributed by atoms with E-state index >= 15 is 0 Å². The van der Waals surface area contributed by atoms with Crippen molar-refractivity contribution in [1.29, 1.82) is 0 Å². The average Bonchev–Trinajstić information content (AvgIpc) is 2.29. The van der Waals surface area contributed by atoms with Gasteiger partial charge in [-0.1, -0.05) is 12.1 Å². The molecular formula is C13H21NOS. The van der Waals surface area contributed by atoms with Crippen LogP contribution in [0, 0.1) is 6.92 Å². The molecule has 0 bridgehead atoms. The van der Waals surface area contributed by atoms with Crippen LogP contribution in [-0.4, -0.2) is 18.6 Å². The molecule has 0 aliphatic rings. The van der Waals surface area contributed by atoms with Crippen LogP contribution in [0.5, 0.6) is 5.75 Å². The topological polar surface area (TPSA) is 35.2 Å². The third-order valence-corrected chi connectivity index (χ3v) is 3.20. The van der Waals surface area contributed by atoms with Gasteiger partial charge in [-0.3, -0.25) is 0 Å². The molecule has 0 amide bonds. The van der Waals surface area contributed by atoms with Crippen molar-refractivity contribution in [2.24, 2.45) is 5.73 Å². The van der Waals surface area contributed by atoms with Crippen LogP contribution < -0.4 is 10.5 Å². The van der Waals surface area contributed by atoms with E-state index in [2.05, 4.69) is 25.3 Å². The van der Waals surface area contributed by atoms with Crippen LogP contribution >= 0.6 is 11.8 Å². The fourth-order valence-corrected chi connectivity index (χ4v) is 2.12. The lowest BCUT2D eigenvalue weighted by Gasteiger charge is -2.14. The molecule has 0 heterocycles. The molecule has 0 aliphatic heterocycles. The van der Waals surface area contributed by atoms with Crippen LogP contribution in [0.15, 0.2) is 18.2 Å². The highest BCUT2D eigenvalue weighted by atomic mass is 32.2. The molecule has 0 aromatic heterocycles. The molecule has 2 nitrogen and oxygen atoms in total. The van der Waals surface area contributed by atoms with E-state index in [1.165, 1.54) is 11.1 Å². The zero-order chi connectivity index (χ0) is 12.0. The lowest BCUT2D eigenvalue weighted by Crippen LogP contribution is -2.11. The number of thioether (sulfide) groups is 1. The van der Waals surface area contributed by atoms with Gasteiger partial charge in [0.05, 0.1) is 6.61 Å². The first-order chi connectivity index (χ1) is 7.69. The summed E-state index contributed by atoms with van der Waals surface area (Å²) in [4.78, 5) is 0. The maximum atomic E-state index is 6.12. The standard InChI is InChI=1S/C13H21NOS/c1-4-15-13-6-5-11(9-10(13)2)12(14)7-8-16-3/h5-6,9,12H,4,7-8,14H2,1-3H3. The Bertz CT molecular complexity index is 328. The van der Waals surface area contributed by atoms with Crippen molar-refractivity contribution < 1.29 is 4.74 Å². The second-order valence-corrected chi connectivity index (χ2v) is 4.83. The van der Waals surface area contributed by atoms with Crippen molar-refractivity contribution in [3.05, 3.63) is 29.3 Å². The van der Waals surface area contributed by atoms with Gasteiger partial charge in [0.25, 0.3) is 0 Å². The third-order valence-electron chi connectivity index (χ3n) is 2.56. The largest absolute Gasteiger partial charge is 0.494 e. The Morgan fingerprint density at radius 2 is 2.19 bits per heavy atom. The van der Waals surface area contributed by atoms with Crippen molar-refractivity contribution in [2.45, 2.75) is 26.3 Å². The van der Waals surface area contributed by atoms with Crippen LogP contribution in [0.2, 0.25) is 0 Å². The van der Waals surface area contributed by atoms with Crippen molar-refractivity contribution >= 4 is 11.8 Å². The SMILES string of the molecule is CCOc1ccc(C(N)CCSC)cc1C. The molecule has 0 fully saturated rings. The molecular weight excluding hydrogens is 218 g/mol. The Hall–Kier alpha value is -0.670. The van der Waals surface area contributed by atoms with Gasteiger partial charge in [0, 0.05) is 6.04 Å². The van der Waals surface area contributed by atoms with Crippen LogP contribution in [0.1, 0.15) is 30.5 Å². The van der Waals surface area contributed by atoms with E-state index < -0.39 is 0 Å². The molecule has 1 atom stereocenters. The Labute approximate surface area is 103 Å². The number of hydrogen-bond donors (Lipinski definition) is 1. The molecule has 90 valence electrons. The normalized spacial score (nSPS) is 12.5. The average molecular weight is 239 g/mol. The number of nitrogens with two attached hydrogens (primary N) is 1. The second-order valence-electron chi connectivity index (χ2n) is 3.85. The summed E-state index contributed by atoms with van der Waals surface area (Å²) in [5.41, 5.74) is 8.49. The summed E-state index contributed by atoms with van der Waals surface area (Å²) in [5, 5.41) is 0. The van der Waals surface area contributed by atoms with E-state index in [1.807, 2.05) is 24.8 Å². The van der Waals surface area contributed by atoms with Gasteiger partial charge in [0.15, 0.2) is 0 Å². The highest BCUT2D eigenvalue weighted by Gasteiger charge is 2.07. The summed E-state index contributed by atoms with van der Waals surface area (Å²) in [5.74, 6) is 2.07. The number of rotatable bonds is 6. The zero-order valence-electron chi connectivity index (χ0n) is 10.3. The number of benzene rings is 1. The zero-order valence-corrected chi connectivity index (χ0v) is 11.1. The molecule has 0 saturated carbocycles. The maximum Gasteiger partial charge on any atom is 0.122 e. The quantitative estimate of drug-likeness (QED) is 0.828. The minimum absolute atomic E-state index is 0.141. The Morgan fingerprint density at radius 1 is 1.44 bits per heavy atom. The van der Waals surface area contributed by atoms with Crippen LogP contribution in [-0.2, 0) is 0 Å². The fraction of sp³-hybridized carbons (Fsp3) is 0.538. The first-order valence-electron chi connectivity index (χ1n) is 5.67. The molecule has 1 unspecified atom stereocenters. The summed E-state index contributed by atoms with van der Waals surface area (Å²) >= 11 is 1.84. The predicted octanol–water partition coefficient (Wildman–Crippen LogP) is 3.15. The van der Waals surface area contributed by atoms with E-state index in [9.17, 15) is 0 Å². The van der Waals surface area contributed by atoms with Crippen molar-refractivity contribution in [3.8, 4) is 5.75 Å². The highest BCUT2D eigenvalue weighted by Crippen LogP contribution is 2.23. The molecule has 0 aliphatic carbocycles. The van der Waals surface area contributed by atoms with E-state index in [-0.39, 0.29) is 6.04 Å². The van der Waals surface area contributed by atoms with Gasteiger partial charge in [-0.15, -0.1) is 0 Å². The van der Waals surface area contributed by atoms with Crippen molar-refractivity contribution in [1.82, 2.24) is 0 Å². The van der Waals surface area contributed by atoms with Crippen LogP contribution in [0.4, 0.5) is 0 Å². The highest BCUT2D eigenvalue weighted by molar-refractivity contribution is 7.98. The van der Waals surface area contributed by atoms with Crippen molar-refractivity contribution in [2.75, 3.05) is 18.6 Å². The monoisotopic (exact) mass is 239 g/mol. The summed E-state index contributed by atoms with van der Waals surface area (Å²) in [6.07, 6.45) is 3.13. The summed E-state index contributed by atoms with van der Waals surface area (Å²) in [6.45, 7) is 4.77. The van der Waals surface area contributed by atoms with Gasteiger partial charge in [-0.25, -0.2) is 0 Å². The van der Waals surface area contributed by atoms with Gasteiger partial charge in [-0.05, 0) is 49.5 Å². The van der Waals surface area contributed by atoms with Crippen molar-refractivity contribution in [3.63, 3.8) is 0 Å². The Morgan fingerprint density at radius 3 is 2.75 bits per heavy atom. The summed E-state index contributed by atoms with van der Waals surface area (Å²) < 4.78 is 5.51. The molecule has 3 heteroatoms. The molecule has 1 aromatic carbocycles. The number of hydrogen-bond acceptors (Lipinski definition) is 3. The van der Waals surface area contributed by atoms with Gasteiger partial charge in [-0.2, -0.15) is 11.8 Å². The first-order valence-corrected chi connectivity index (χ1v) is 7.06. The predicted molar refractivity (Wildman–Crippen MR) is 72.3 cm³/mol. The molecule has 2 N–H and O–H groups in total. The van der Waals surface area contributed by atoms with E-state index in [0.29, 0.717) is 6.61 Å². The van der Waals surface area contributed by atoms with Crippen LogP contribution in [0.3, 0.4) is 0 Å². The summed E-state index contributed by atoms with van der Waals surface area (Å²) in [7, 11) is 0. The van der Waals surface area contributed by atoms with Gasteiger partial charge in [0.2, 0.25) is 0 Å². The Kier molecular flexibility index (Phi) is 5.71. The molecule has 0 radical (unpaired) electrons. The molecule has 0 spiro atoms. The molecule has 1 rings (SSSR count). The number of ether oxygens (including phenoxy) is 1. The molecule has 16 heavy (non-hydrogen) atoms. The minimum Gasteiger partial charge on any atom is -0.494 e. The number of aryl methyl sites for hydroxylation is 1. The third kappa shape index (κ3) is 3.72. The van der Waals surface area contributed by atoms with Gasteiger partial charge >= 0.3 is 0 Å². The molecule has 0 saturated heterocycles. The Balaban J connectivity index is 2.71. The van der Waals surface area contributed by atoms with E-state index in [1.54, 1.807) is 0 Å². The first kappa shape index (κ1) is 13.4. The lowest BCUT2D eigenvalue weighted by molar-refractivity contribution is 0.337. The van der Waals surface area contributed by atoms with Gasteiger partial charge in [0.1, 0.15) is 5.75 Å². The van der Waals surface area contributed by atoms with Crippen LogP contribution in [0.25, 0.3) is 0 Å². The molecule has 1 aromatic rings.